The van der Waals surface area contributed by atoms with Gasteiger partial charge in [0.15, 0.2) is 0 Å². The number of nitrogens with one attached hydrogen (secondary N) is 1. The lowest BCUT2D eigenvalue weighted by molar-refractivity contribution is -0.117. The monoisotopic (exact) mass is 286 g/mol. The fourth-order valence-electron chi connectivity index (χ4n) is 2.15. The molecular formula is C17H22N2O2. The van der Waals surface area contributed by atoms with Gasteiger partial charge in [-0.05, 0) is 29.7 Å². The highest BCUT2D eigenvalue weighted by Crippen LogP contribution is 2.12. The van der Waals surface area contributed by atoms with Gasteiger partial charge in [0.2, 0.25) is 5.91 Å². The van der Waals surface area contributed by atoms with E-state index in [4.69, 9.17) is 5.26 Å². The highest BCUT2D eigenvalue weighted by Gasteiger charge is 2.15. The number of amides is 1. The quantitative estimate of drug-likeness (QED) is 0.756. The molecule has 0 bridgehead atoms. The number of rotatable bonds is 7. The SMILES string of the molecule is CCC(CC)C(O)CNC(=O)/C=C/c1cccc(C#N)c1. The third-order valence-electron chi connectivity index (χ3n) is 3.52. The molecule has 0 saturated heterocycles. The first-order valence-electron chi connectivity index (χ1n) is 7.24. The van der Waals surface area contributed by atoms with Crippen molar-refractivity contribution in [3.05, 3.63) is 41.5 Å². The highest BCUT2D eigenvalue weighted by atomic mass is 16.3. The van der Waals surface area contributed by atoms with Gasteiger partial charge in [-0.15, -0.1) is 0 Å². The Labute approximate surface area is 126 Å². The first-order chi connectivity index (χ1) is 10.1. The predicted molar refractivity (Wildman–Crippen MR) is 83.3 cm³/mol. The summed E-state index contributed by atoms with van der Waals surface area (Å²) in [5, 5.41) is 21.4. The van der Waals surface area contributed by atoms with E-state index in [2.05, 4.69) is 11.4 Å². The minimum atomic E-state index is -0.515. The summed E-state index contributed by atoms with van der Waals surface area (Å²) in [4.78, 5) is 11.7. The maximum atomic E-state index is 11.7. The van der Waals surface area contributed by atoms with Gasteiger partial charge in [0.1, 0.15) is 0 Å². The van der Waals surface area contributed by atoms with E-state index in [1.165, 1.54) is 6.08 Å². The molecule has 0 heterocycles. The van der Waals surface area contributed by atoms with E-state index in [-0.39, 0.29) is 18.4 Å². The van der Waals surface area contributed by atoms with Crippen LogP contribution in [0.25, 0.3) is 6.08 Å². The number of benzene rings is 1. The van der Waals surface area contributed by atoms with Crippen molar-refractivity contribution in [2.75, 3.05) is 6.54 Å². The Morgan fingerprint density at radius 1 is 1.43 bits per heavy atom. The van der Waals surface area contributed by atoms with E-state index in [1.54, 1.807) is 24.3 Å². The van der Waals surface area contributed by atoms with E-state index < -0.39 is 6.10 Å². The third-order valence-corrected chi connectivity index (χ3v) is 3.52. The zero-order chi connectivity index (χ0) is 15.7. The first kappa shape index (κ1) is 16.9. The Morgan fingerprint density at radius 2 is 2.14 bits per heavy atom. The van der Waals surface area contributed by atoms with Crippen molar-refractivity contribution < 1.29 is 9.90 Å². The minimum absolute atomic E-state index is 0.210. The second-order valence-electron chi connectivity index (χ2n) is 4.96. The zero-order valence-corrected chi connectivity index (χ0v) is 12.5. The van der Waals surface area contributed by atoms with Gasteiger partial charge in [-0.2, -0.15) is 5.26 Å². The second kappa shape index (κ2) is 8.93. The van der Waals surface area contributed by atoms with Crippen LogP contribution in [0.4, 0.5) is 0 Å². The molecule has 0 aliphatic carbocycles. The summed E-state index contributed by atoms with van der Waals surface area (Å²) in [6, 6.07) is 9.07. The summed E-state index contributed by atoms with van der Waals surface area (Å²) in [6.07, 6.45) is 4.34. The largest absolute Gasteiger partial charge is 0.391 e. The van der Waals surface area contributed by atoms with Crippen LogP contribution in [0.5, 0.6) is 0 Å². The number of nitrogens with zero attached hydrogens (tertiary/aromatic N) is 1. The molecule has 1 amide bonds. The van der Waals surface area contributed by atoms with Gasteiger partial charge in [-0.3, -0.25) is 4.79 Å². The molecule has 1 rings (SSSR count). The number of aliphatic hydroxyl groups excluding tert-OH is 1. The van der Waals surface area contributed by atoms with E-state index in [0.717, 1.165) is 18.4 Å². The maximum absolute atomic E-state index is 11.7. The molecule has 1 aromatic rings. The van der Waals surface area contributed by atoms with E-state index in [0.29, 0.717) is 5.56 Å². The molecule has 0 saturated carbocycles. The molecule has 4 nitrogen and oxygen atoms in total. The maximum Gasteiger partial charge on any atom is 0.244 e. The first-order valence-corrected chi connectivity index (χ1v) is 7.24. The summed E-state index contributed by atoms with van der Waals surface area (Å²) in [7, 11) is 0. The number of hydrogen-bond acceptors (Lipinski definition) is 3. The zero-order valence-electron chi connectivity index (χ0n) is 12.5. The van der Waals surface area contributed by atoms with Crippen LogP contribution in [0.1, 0.15) is 37.8 Å². The van der Waals surface area contributed by atoms with E-state index in [9.17, 15) is 9.90 Å². The van der Waals surface area contributed by atoms with Gasteiger partial charge in [0, 0.05) is 12.6 Å². The highest BCUT2D eigenvalue weighted by molar-refractivity contribution is 5.91. The molecule has 4 heteroatoms. The van der Waals surface area contributed by atoms with Crippen molar-refractivity contribution in [3.8, 4) is 6.07 Å². The molecule has 0 radical (unpaired) electrons. The molecule has 0 aromatic heterocycles. The van der Waals surface area contributed by atoms with Crippen molar-refractivity contribution in [1.82, 2.24) is 5.32 Å². The number of hydrogen-bond donors (Lipinski definition) is 2. The molecule has 1 atom stereocenters. The van der Waals surface area contributed by atoms with E-state index >= 15 is 0 Å². The van der Waals surface area contributed by atoms with Crippen LogP contribution >= 0.6 is 0 Å². The molecular weight excluding hydrogens is 264 g/mol. The lowest BCUT2D eigenvalue weighted by Gasteiger charge is -2.19. The van der Waals surface area contributed by atoms with Crippen LogP contribution in [0.3, 0.4) is 0 Å². The number of carbonyl (C=O) groups excluding carboxylic acids is 1. The van der Waals surface area contributed by atoms with Crippen molar-refractivity contribution in [3.63, 3.8) is 0 Å². The van der Waals surface area contributed by atoms with Crippen LogP contribution in [-0.2, 0) is 4.79 Å². The molecule has 1 aromatic carbocycles. The lowest BCUT2D eigenvalue weighted by Crippen LogP contribution is -2.35. The third kappa shape index (κ3) is 5.80. The van der Waals surface area contributed by atoms with Gasteiger partial charge in [0.25, 0.3) is 0 Å². The minimum Gasteiger partial charge on any atom is -0.391 e. The molecule has 0 aliphatic heterocycles. The Hall–Kier alpha value is -2.12. The van der Waals surface area contributed by atoms with Crippen LogP contribution in [0.2, 0.25) is 0 Å². The fourth-order valence-corrected chi connectivity index (χ4v) is 2.15. The van der Waals surface area contributed by atoms with Crippen LogP contribution in [-0.4, -0.2) is 23.7 Å². The molecule has 0 fully saturated rings. The van der Waals surface area contributed by atoms with Gasteiger partial charge in [-0.25, -0.2) is 0 Å². The molecule has 0 aliphatic rings. The van der Waals surface area contributed by atoms with Crippen molar-refractivity contribution in [2.24, 2.45) is 5.92 Å². The molecule has 21 heavy (non-hydrogen) atoms. The molecule has 112 valence electrons. The lowest BCUT2D eigenvalue weighted by atomic mass is 9.96. The number of nitriles is 1. The Bertz CT molecular complexity index is 528. The molecule has 0 spiro atoms. The predicted octanol–water partition coefficient (Wildman–Crippen LogP) is 2.48. The summed E-state index contributed by atoms with van der Waals surface area (Å²) in [5.74, 6) is -0.0380. The molecule has 1 unspecified atom stereocenters. The van der Waals surface area contributed by atoms with Crippen LogP contribution in [0.15, 0.2) is 30.3 Å². The van der Waals surface area contributed by atoms with Crippen LogP contribution in [0, 0.1) is 17.2 Å². The Kier molecular flexibility index (Phi) is 7.20. The summed E-state index contributed by atoms with van der Waals surface area (Å²) >= 11 is 0. The van der Waals surface area contributed by atoms with Gasteiger partial charge in [-0.1, -0.05) is 38.8 Å². The van der Waals surface area contributed by atoms with Gasteiger partial charge in [0.05, 0.1) is 17.7 Å². The van der Waals surface area contributed by atoms with Crippen molar-refractivity contribution >= 4 is 12.0 Å². The topological polar surface area (TPSA) is 73.1 Å². The van der Waals surface area contributed by atoms with Crippen molar-refractivity contribution in [2.45, 2.75) is 32.8 Å². The average molecular weight is 286 g/mol. The Balaban J connectivity index is 2.50. The van der Waals surface area contributed by atoms with Crippen LogP contribution < -0.4 is 5.32 Å². The number of aliphatic hydroxyl groups is 1. The smallest absolute Gasteiger partial charge is 0.244 e. The summed E-state index contributed by atoms with van der Waals surface area (Å²) in [6.45, 7) is 4.32. The number of carbonyl (C=O) groups is 1. The Morgan fingerprint density at radius 3 is 2.76 bits per heavy atom. The summed E-state index contributed by atoms with van der Waals surface area (Å²) in [5.41, 5.74) is 1.35. The standard InChI is InChI=1S/C17H22N2O2/c1-3-15(4-2)16(20)12-19-17(21)9-8-13-6-5-7-14(10-13)11-18/h5-10,15-16,20H,3-4,12H2,1-2H3,(H,19,21)/b9-8+. The van der Waals surface area contributed by atoms with Gasteiger partial charge < -0.3 is 10.4 Å². The van der Waals surface area contributed by atoms with Gasteiger partial charge >= 0.3 is 0 Å². The normalized spacial score (nSPS) is 12.3. The fraction of sp³-hybridized carbons (Fsp3) is 0.412. The van der Waals surface area contributed by atoms with Crippen molar-refractivity contribution in [1.29, 1.82) is 5.26 Å². The molecule has 2 N–H and O–H groups in total. The average Bonchev–Trinajstić information content (AvgIpc) is 2.52. The second-order valence-corrected chi connectivity index (χ2v) is 4.96. The summed E-state index contributed by atoms with van der Waals surface area (Å²) < 4.78 is 0. The van der Waals surface area contributed by atoms with E-state index in [1.807, 2.05) is 19.9 Å².